The summed E-state index contributed by atoms with van der Waals surface area (Å²) in [6.45, 7) is 4.54. The average molecular weight is 296 g/mol. The van der Waals surface area contributed by atoms with E-state index in [9.17, 15) is 9.59 Å². The first-order valence-electron chi connectivity index (χ1n) is 6.16. The van der Waals surface area contributed by atoms with Crippen molar-refractivity contribution in [2.75, 3.05) is 31.7 Å². The maximum Gasteiger partial charge on any atom is 0.263 e. The minimum absolute atomic E-state index is 0.202. The molecule has 0 aromatic carbocycles. The fourth-order valence-electron chi connectivity index (χ4n) is 1.55. The first-order valence-corrected chi connectivity index (χ1v) is 6.97. The molecule has 0 bridgehead atoms. The summed E-state index contributed by atoms with van der Waals surface area (Å²) in [6.07, 6.45) is 1.99. The van der Waals surface area contributed by atoms with Crippen molar-refractivity contribution in [1.82, 2.24) is 10.6 Å². The minimum Gasteiger partial charge on any atom is -0.397 e. The molecule has 0 fully saturated rings. The molecule has 6 nitrogen and oxygen atoms in total. The summed E-state index contributed by atoms with van der Waals surface area (Å²) in [5.41, 5.74) is 7.60. The Hall–Kier alpha value is -2.02. The van der Waals surface area contributed by atoms with Crippen LogP contribution in [0.1, 0.15) is 33.9 Å². The van der Waals surface area contributed by atoms with E-state index in [1.165, 1.54) is 25.4 Å². The molecular weight excluding hydrogens is 276 g/mol. The zero-order valence-corrected chi connectivity index (χ0v) is 12.9. The number of nitrogens with two attached hydrogens (primary N) is 1. The Bertz CT molecular complexity index is 545. The molecule has 20 heavy (non-hydrogen) atoms. The molecule has 1 aromatic heterocycles. The smallest absolute Gasteiger partial charge is 0.263 e. The number of amides is 2. The first-order chi connectivity index (χ1) is 9.42. The fraction of sp³-hybridized carbons (Fsp3) is 0.385. The van der Waals surface area contributed by atoms with Crippen molar-refractivity contribution < 1.29 is 9.59 Å². The van der Waals surface area contributed by atoms with Gasteiger partial charge in [-0.1, -0.05) is 11.6 Å². The van der Waals surface area contributed by atoms with Gasteiger partial charge in [0, 0.05) is 20.6 Å². The third kappa shape index (κ3) is 3.51. The summed E-state index contributed by atoms with van der Waals surface area (Å²) in [5, 5.41) is 8.76. The second-order valence-corrected chi connectivity index (χ2v) is 5.39. The van der Waals surface area contributed by atoms with Gasteiger partial charge in [-0.05, 0) is 13.8 Å². The molecule has 110 valence electrons. The van der Waals surface area contributed by atoms with E-state index in [2.05, 4.69) is 16.0 Å². The number of allylic oxidation sites excluding steroid dienone is 1. The van der Waals surface area contributed by atoms with Crippen LogP contribution in [0, 0.1) is 0 Å². The summed E-state index contributed by atoms with van der Waals surface area (Å²) in [6, 6.07) is 0. The molecule has 0 saturated heterocycles. The highest BCUT2D eigenvalue weighted by atomic mass is 32.1. The van der Waals surface area contributed by atoms with E-state index in [-0.39, 0.29) is 17.5 Å². The van der Waals surface area contributed by atoms with Gasteiger partial charge < -0.3 is 21.7 Å². The Morgan fingerprint density at radius 3 is 2.30 bits per heavy atom. The van der Waals surface area contributed by atoms with Crippen LogP contribution in [0.3, 0.4) is 0 Å². The van der Waals surface area contributed by atoms with Crippen LogP contribution in [0.4, 0.5) is 10.7 Å². The molecule has 0 saturated carbocycles. The van der Waals surface area contributed by atoms with Crippen molar-refractivity contribution >= 4 is 33.8 Å². The molecular formula is C13H20N4O2S. The number of nitrogen functional groups attached to an aromatic ring is 1. The SMILES string of the molecule is CNC(=O)c1sc(NCC=C(C)C)c(C(=O)NC)c1N. The quantitative estimate of drug-likeness (QED) is 0.618. The van der Waals surface area contributed by atoms with E-state index in [1.54, 1.807) is 0 Å². The van der Waals surface area contributed by atoms with Gasteiger partial charge in [-0.25, -0.2) is 0 Å². The van der Waals surface area contributed by atoms with E-state index in [0.717, 1.165) is 5.57 Å². The van der Waals surface area contributed by atoms with E-state index in [0.29, 0.717) is 22.0 Å². The molecule has 7 heteroatoms. The van der Waals surface area contributed by atoms with Crippen LogP contribution in [0.25, 0.3) is 0 Å². The number of anilines is 2. The lowest BCUT2D eigenvalue weighted by Crippen LogP contribution is -2.21. The van der Waals surface area contributed by atoms with Crippen molar-refractivity contribution in [3.05, 3.63) is 22.1 Å². The first kappa shape index (κ1) is 16.0. The Labute approximate surface area is 122 Å². The Morgan fingerprint density at radius 1 is 1.20 bits per heavy atom. The van der Waals surface area contributed by atoms with Gasteiger partial charge in [0.05, 0.1) is 11.3 Å². The fourth-order valence-corrected chi connectivity index (χ4v) is 2.62. The van der Waals surface area contributed by atoms with E-state index < -0.39 is 0 Å². The monoisotopic (exact) mass is 296 g/mol. The molecule has 2 amide bonds. The molecule has 0 aliphatic heterocycles. The van der Waals surface area contributed by atoms with E-state index >= 15 is 0 Å². The normalized spacial score (nSPS) is 9.80. The summed E-state index contributed by atoms with van der Waals surface area (Å²) < 4.78 is 0. The number of rotatable bonds is 5. The van der Waals surface area contributed by atoms with Crippen molar-refractivity contribution in [3.63, 3.8) is 0 Å². The van der Waals surface area contributed by atoms with Gasteiger partial charge in [0.25, 0.3) is 11.8 Å². The number of hydrogen-bond donors (Lipinski definition) is 4. The Balaban J connectivity index is 3.16. The van der Waals surface area contributed by atoms with Gasteiger partial charge in [-0.15, -0.1) is 11.3 Å². The number of hydrogen-bond acceptors (Lipinski definition) is 5. The van der Waals surface area contributed by atoms with Gasteiger partial charge in [0.1, 0.15) is 9.88 Å². The second-order valence-electron chi connectivity index (χ2n) is 4.37. The highest BCUT2D eigenvalue weighted by molar-refractivity contribution is 7.19. The second kappa shape index (κ2) is 6.95. The zero-order chi connectivity index (χ0) is 15.3. The highest BCUT2D eigenvalue weighted by Gasteiger charge is 2.24. The molecule has 1 aromatic rings. The lowest BCUT2D eigenvalue weighted by molar-refractivity contribution is 0.0963. The maximum atomic E-state index is 11.9. The molecule has 0 aliphatic carbocycles. The molecule has 1 heterocycles. The predicted octanol–water partition coefficient (Wildman–Crippen LogP) is 1.43. The van der Waals surface area contributed by atoms with Gasteiger partial charge >= 0.3 is 0 Å². The topological polar surface area (TPSA) is 96.2 Å². The lowest BCUT2D eigenvalue weighted by Gasteiger charge is -2.05. The van der Waals surface area contributed by atoms with Crippen LogP contribution in [0.2, 0.25) is 0 Å². The third-order valence-electron chi connectivity index (χ3n) is 2.61. The zero-order valence-electron chi connectivity index (χ0n) is 12.1. The van der Waals surface area contributed by atoms with Crippen LogP contribution < -0.4 is 21.7 Å². The van der Waals surface area contributed by atoms with Crippen molar-refractivity contribution in [2.24, 2.45) is 0 Å². The van der Waals surface area contributed by atoms with Crippen LogP contribution in [-0.2, 0) is 0 Å². The standard InChI is InChI=1S/C13H20N4O2S/c1-7(2)5-6-17-13-8(11(18)15-3)9(14)10(20-13)12(19)16-4/h5,17H,6,14H2,1-4H3,(H,15,18)(H,16,19). The van der Waals surface area contributed by atoms with Gasteiger partial charge in [0.2, 0.25) is 0 Å². The predicted molar refractivity (Wildman–Crippen MR) is 83.4 cm³/mol. The molecule has 5 N–H and O–H groups in total. The summed E-state index contributed by atoms with van der Waals surface area (Å²) in [5.74, 6) is -0.610. The molecule has 1 rings (SSSR count). The lowest BCUT2D eigenvalue weighted by atomic mass is 10.2. The molecule has 0 radical (unpaired) electrons. The number of nitrogens with one attached hydrogen (secondary N) is 3. The third-order valence-corrected chi connectivity index (χ3v) is 3.77. The molecule has 0 atom stereocenters. The summed E-state index contributed by atoms with van der Waals surface area (Å²) in [7, 11) is 3.05. The van der Waals surface area contributed by atoms with E-state index in [4.69, 9.17) is 5.73 Å². The largest absolute Gasteiger partial charge is 0.397 e. The van der Waals surface area contributed by atoms with Crippen molar-refractivity contribution in [1.29, 1.82) is 0 Å². The molecule has 0 aliphatic rings. The van der Waals surface area contributed by atoms with Gasteiger partial charge in [-0.3, -0.25) is 9.59 Å². The Kier molecular flexibility index (Phi) is 5.57. The van der Waals surface area contributed by atoms with Crippen LogP contribution in [0.5, 0.6) is 0 Å². The minimum atomic E-state index is -0.311. The highest BCUT2D eigenvalue weighted by Crippen LogP contribution is 2.35. The number of carbonyl (C=O) groups is 2. The molecule has 0 unspecified atom stereocenters. The van der Waals surface area contributed by atoms with Crippen LogP contribution >= 0.6 is 11.3 Å². The van der Waals surface area contributed by atoms with Crippen molar-refractivity contribution in [3.8, 4) is 0 Å². The Morgan fingerprint density at radius 2 is 1.80 bits per heavy atom. The number of carbonyl (C=O) groups excluding carboxylic acids is 2. The van der Waals surface area contributed by atoms with Crippen LogP contribution in [0.15, 0.2) is 11.6 Å². The average Bonchev–Trinajstić information content (AvgIpc) is 2.73. The summed E-state index contributed by atoms with van der Waals surface area (Å²) in [4.78, 5) is 24.0. The maximum absolute atomic E-state index is 11.9. The van der Waals surface area contributed by atoms with Gasteiger partial charge in [-0.2, -0.15) is 0 Å². The number of thiophene rings is 1. The van der Waals surface area contributed by atoms with E-state index in [1.807, 2.05) is 19.9 Å². The van der Waals surface area contributed by atoms with Crippen LogP contribution in [-0.4, -0.2) is 32.5 Å². The molecule has 0 spiro atoms. The summed E-state index contributed by atoms with van der Waals surface area (Å²) >= 11 is 1.18. The van der Waals surface area contributed by atoms with Crippen molar-refractivity contribution in [2.45, 2.75) is 13.8 Å². The van der Waals surface area contributed by atoms with Gasteiger partial charge in [0.15, 0.2) is 0 Å².